The number of aliphatic hydroxyl groups is 3. The number of Topliss-reactive ketones (excluding diaryl/α,β-unsaturated/α-hetero) is 2. The van der Waals surface area contributed by atoms with Gasteiger partial charge in [0.15, 0.2) is 11.6 Å². The Labute approximate surface area is 285 Å². The Kier molecular flexibility index (Phi) is 18.3. The van der Waals surface area contributed by atoms with E-state index in [1.165, 1.54) is 20.8 Å². The second-order valence-corrected chi connectivity index (χ2v) is 12.9. The number of ketones is 2. The van der Waals surface area contributed by atoms with Crippen LogP contribution < -0.4 is 16.0 Å². The van der Waals surface area contributed by atoms with Crippen LogP contribution >= 0.6 is 0 Å². The molecule has 0 saturated heterocycles. The van der Waals surface area contributed by atoms with Crippen LogP contribution in [0.15, 0.2) is 30.3 Å². The molecule has 0 spiro atoms. The van der Waals surface area contributed by atoms with E-state index in [2.05, 4.69) is 16.0 Å². The maximum Gasteiger partial charge on any atom is 0.326 e. The number of nitrogens with one attached hydrogen (secondary N) is 3. The van der Waals surface area contributed by atoms with Crippen LogP contribution in [0.25, 0.3) is 0 Å². The summed E-state index contributed by atoms with van der Waals surface area (Å²) >= 11 is 0. The molecule has 0 aliphatic rings. The van der Waals surface area contributed by atoms with Crippen LogP contribution in [0.5, 0.6) is 0 Å². The average molecular weight is 694 g/mol. The zero-order valence-corrected chi connectivity index (χ0v) is 28.6. The molecule has 274 valence electrons. The number of aliphatic hydroxyl groups excluding tert-OH is 3. The molecular weight excluding hydrogens is 642 g/mol. The van der Waals surface area contributed by atoms with Crippen molar-refractivity contribution >= 4 is 41.2 Å². The first-order valence-electron chi connectivity index (χ1n) is 16.3. The van der Waals surface area contributed by atoms with Gasteiger partial charge in [-0.2, -0.15) is 0 Å². The van der Waals surface area contributed by atoms with Crippen molar-refractivity contribution in [3.63, 3.8) is 0 Å². The summed E-state index contributed by atoms with van der Waals surface area (Å²) in [7, 11) is 0. The summed E-state index contributed by atoms with van der Waals surface area (Å²) in [6.07, 6.45) is -4.81. The van der Waals surface area contributed by atoms with E-state index in [4.69, 9.17) is 0 Å². The lowest BCUT2D eigenvalue weighted by Gasteiger charge is -2.27. The Morgan fingerprint density at radius 3 is 1.63 bits per heavy atom. The van der Waals surface area contributed by atoms with Crippen LogP contribution in [0.4, 0.5) is 0 Å². The molecule has 0 bridgehead atoms. The van der Waals surface area contributed by atoms with Crippen molar-refractivity contribution in [2.75, 3.05) is 6.61 Å². The van der Waals surface area contributed by atoms with Gasteiger partial charge >= 0.3 is 11.9 Å². The van der Waals surface area contributed by atoms with E-state index < -0.39 is 115 Å². The van der Waals surface area contributed by atoms with Gasteiger partial charge in [-0.25, -0.2) is 4.79 Å². The number of carboxylic acids is 2. The molecule has 1 aromatic rings. The molecule has 0 aromatic heterocycles. The number of carboxylic acid groups (broad SMARTS) is 2. The maximum atomic E-state index is 13.6. The van der Waals surface area contributed by atoms with E-state index in [-0.39, 0.29) is 25.2 Å². The molecule has 15 heteroatoms. The minimum absolute atomic E-state index is 0.0317. The summed E-state index contributed by atoms with van der Waals surface area (Å²) in [5.74, 6) is -9.95. The van der Waals surface area contributed by atoms with Crippen molar-refractivity contribution in [2.45, 2.75) is 103 Å². The third-order valence-corrected chi connectivity index (χ3v) is 7.97. The predicted octanol–water partition coefficient (Wildman–Crippen LogP) is 0.220. The Morgan fingerprint density at radius 2 is 1.18 bits per heavy atom. The van der Waals surface area contributed by atoms with Crippen molar-refractivity contribution in [1.29, 1.82) is 0 Å². The normalized spacial score (nSPS) is 16.2. The van der Waals surface area contributed by atoms with Gasteiger partial charge in [0, 0.05) is 31.1 Å². The summed E-state index contributed by atoms with van der Waals surface area (Å²) < 4.78 is 0. The topological polar surface area (TPSA) is 257 Å². The molecule has 0 saturated carbocycles. The Balaban J connectivity index is 3.29. The Morgan fingerprint density at radius 1 is 0.694 bits per heavy atom. The number of carbonyl (C=O) groups is 7. The zero-order valence-electron chi connectivity index (χ0n) is 28.6. The van der Waals surface area contributed by atoms with Crippen molar-refractivity contribution < 1.29 is 59.1 Å². The molecule has 15 nitrogen and oxygen atoms in total. The van der Waals surface area contributed by atoms with Gasteiger partial charge < -0.3 is 41.5 Å². The summed E-state index contributed by atoms with van der Waals surface area (Å²) in [6, 6.07) is 4.35. The first-order chi connectivity index (χ1) is 22.9. The lowest BCUT2D eigenvalue weighted by Crippen LogP contribution is -2.53. The molecule has 1 aromatic carbocycles. The van der Waals surface area contributed by atoms with Crippen LogP contribution in [0.2, 0.25) is 0 Å². The van der Waals surface area contributed by atoms with Crippen LogP contribution in [-0.2, 0) is 40.0 Å². The zero-order chi connectivity index (χ0) is 37.4. The monoisotopic (exact) mass is 693 g/mol. The number of aliphatic carboxylic acids is 2. The third-order valence-electron chi connectivity index (χ3n) is 7.97. The van der Waals surface area contributed by atoms with Gasteiger partial charge in [-0.05, 0) is 44.6 Å². The summed E-state index contributed by atoms with van der Waals surface area (Å²) in [6.45, 7) is 6.88. The standard InChI is InChI=1S/C34H51N3O12/c1-18(2)13-25(34(48)49)35-33(47)24(14-22-9-7-6-8-10-22)16-27(42)30(21(5)40)37-32(46)23(11-12-28(43)44)15-26(41)29(20(4)39)36-31(45)19(3)17-38/h6-10,18-21,23-25,29-30,38-40H,11-17H2,1-5H3,(H,35,47)(H,36,45)(H,37,46)(H,43,44)(H,48,49)/t19-,20+,21+,23+,24+,25-,29-,30-/m0/s1. The van der Waals surface area contributed by atoms with Crippen molar-refractivity contribution in [3.8, 4) is 0 Å². The van der Waals surface area contributed by atoms with Crippen LogP contribution in [0.3, 0.4) is 0 Å². The first kappa shape index (κ1) is 42.8. The molecule has 0 aliphatic carbocycles. The van der Waals surface area contributed by atoms with E-state index in [0.717, 1.165) is 0 Å². The van der Waals surface area contributed by atoms with Crippen molar-refractivity contribution in [1.82, 2.24) is 16.0 Å². The largest absolute Gasteiger partial charge is 0.481 e. The highest BCUT2D eigenvalue weighted by Gasteiger charge is 2.36. The Hall–Kier alpha value is -4.21. The lowest BCUT2D eigenvalue weighted by molar-refractivity contribution is -0.143. The smallest absolute Gasteiger partial charge is 0.326 e. The maximum absolute atomic E-state index is 13.6. The molecule has 8 N–H and O–H groups in total. The second kappa shape index (κ2) is 21.0. The summed E-state index contributed by atoms with van der Waals surface area (Å²) in [5.41, 5.74) is 0.671. The fourth-order valence-electron chi connectivity index (χ4n) is 5.09. The predicted molar refractivity (Wildman–Crippen MR) is 176 cm³/mol. The van der Waals surface area contributed by atoms with Gasteiger partial charge in [-0.3, -0.25) is 28.8 Å². The molecule has 0 aliphatic heterocycles. The number of carbonyl (C=O) groups excluding carboxylic acids is 5. The fraction of sp³-hybridized carbons (Fsp3) is 0.618. The van der Waals surface area contributed by atoms with Gasteiger partial charge in [0.05, 0.1) is 24.7 Å². The Bertz CT molecular complexity index is 1280. The molecule has 0 fully saturated rings. The molecule has 49 heavy (non-hydrogen) atoms. The molecule has 3 amide bonds. The number of hydrogen-bond donors (Lipinski definition) is 8. The number of hydrogen-bond acceptors (Lipinski definition) is 10. The van der Waals surface area contributed by atoms with Gasteiger partial charge in [-0.15, -0.1) is 0 Å². The van der Waals surface area contributed by atoms with Gasteiger partial charge in [-0.1, -0.05) is 51.1 Å². The summed E-state index contributed by atoms with van der Waals surface area (Å²) in [4.78, 5) is 89.1. The number of amides is 3. The number of rotatable bonds is 23. The van der Waals surface area contributed by atoms with E-state index >= 15 is 0 Å². The van der Waals surface area contributed by atoms with Crippen LogP contribution in [-0.4, -0.2) is 104 Å². The number of benzene rings is 1. The highest BCUT2D eigenvalue weighted by atomic mass is 16.4. The first-order valence-corrected chi connectivity index (χ1v) is 16.3. The second-order valence-electron chi connectivity index (χ2n) is 12.9. The van der Waals surface area contributed by atoms with Crippen LogP contribution in [0.1, 0.15) is 72.3 Å². The summed E-state index contributed by atoms with van der Waals surface area (Å²) in [5, 5.41) is 56.1. The molecule has 1 rings (SSSR count). The van der Waals surface area contributed by atoms with Crippen molar-refractivity contribution in [2.24, 2.45) is 23.7 Å². The fourth-order valence-corrected chi connectivity index (χ4v) is 5.09. The lowest BCUT2D eigenvalue weighted by atomic mass is 9.88. The van der Waals surface area contributed by atoms with E-state index in [9.17, 15) is 59.1 Å². The quantitative estimate of drug-likeness (QED) is 0.0766. The molecular formula is C34H51N3O12. The van der Waals surface area contributed by atoms with Gasteiger partial charge in [0.25, 0.3) is 0 Å². The molecule has 8 atom stereocenters. The minimum atomic E-state index is -1.59. The van der Waals surface area contributed by atoms with Gasteiger partial charge in [0.2, 0.25) is 17.7 Å². The van der Waals surface area contributed by atoms with Crippen LogP contribution in [0, 0.1) is 23.7 Å². The SMILES string of the molecule is CC(C)C[C@H](NC(=O)[C@@H](CC(=O)[C@@H](NC(=O)[C@H](CCC(=O)O)CC(=O)[C@@H](NC(=O)[C@@H](C)CO)[C@@H](C)O)[C@@H](C)O)Cc1ccccc1)C(=O)O. The van der Waals surface area contributed by atoms with E-state index in [1.807, 2.05) is 0 Å². The average Bonchev–Trinajstić information content (AvgIpc) is 3.02. The highest BCUT2D eigenvalue weighted by Crippen LogP contribution is 2.19. The molecule has 0 unspecified atom stereocenters. The van der Waals surface area contributed by atoms with E-state index in [0.29, 0.717) is 5.56 Å². The van der Waals surface area contributed by atoms with Gasteiger partial charge in [0.1, 0.15) is 18.1 Å². The van der Waals surface area contributed by atoms with E-state index in [1.54, 1.807) is 44.2 Å². The van der Waals surface area contributed by atoms with Crippen molar-refractivity contribution in [3.05, 3.63) is 35.9 Å². The minimum Gasteiger partial charge on any atom is -0.481 e. The molecule has 0 heterocycles. The molecule has 0 radical (unpaired) electrons. The highest BCUT2D eigenvalue weighted by molar-refractivity contribution is 5.96. The third kappa shape index (κ3) is 15.3.